The number of aliphatic imine (C=N–C) groups is 1. The third-order valence-electron chi connectivity index (χ3n) is 3.73. The number of amides is 1. The summed E-state index contributed by atoms with van der Waals surface area (Å²) in [4.78, 5) is 20.2. The number of guanidine groups is 1. The Labute approximate surface area is 171 Å². The number of hydrogen-bond acceptors (Lipinski definition) is 6. The van der Waals surface area contributed by atoms with E-state index in [2.05, 4.69) is 31.1 Å². The topological polar surface area (TPSA) is 114 Å². The lowest BCUT2D eigenvalue weighted by Crippen LogP contribution is -2.39. The zero-order valence-electron chi connectivity index (χ0n) is 17.7. The number of hydrogen-bond donors (Lipinski definition) is 3. The molecule has 1 aromatic carbocycles. The second-order valence-corrected chi connectivity index (χ2v) is 7.48. The fourth-order valence-electron chi connectivity index (χ4n) is 2.45. The smallest absolute Gasteiger partial charge is 0.412 e. The van der Waals surface area contributed by atoms with Gasteiger partial charge in [-0.05, 0) is 51.8 Å². The Bertz CT molecular complexity index is 808. The number of ether oxygens (including phenoxy) is 1. The van der Waals surface area contributed by atoms with Gasteiger partial charge in [0.2, 0.25) is 5.89 Å². The minimum atomic E-state index is -0.521. The molecule has 2 rings (SSSR count). The second kappa shape index (κ2) is 10.4. The van der Waals surface area contributed by atoms with Crippen LogP contribution in [0.25, 0.3) is 0 Å². The molecule has 1 amide bonds. The van der Waals surface area contributed by atoms with Crippen molar-refractivity contribution in [3.63, 3.8) is 0 Å². The highest BCUT2D eigenvalue weighted by Crippen LogP contribution is 2.13. The number of carbonyl (C=O) groups is 1. The molecule has 0 aliphatic carbocycles. The monoisotopic (exact) mass is 402 g/mol. The Kier molecular flexibility index (Phi) is 7.99. The van der Waals surface area contributed by atoms with Crippen LogP contribution in [0, 0.1) is 6.92 Å². The average molecular weight is 402 g/mol. The van der Waals surface area contributed by atoms with Crippen molar-refractivity contribution in [2.45, 2.75) is 46.1 Å². The Morgan fingerprint density at radius 3 is 2.34 bits per heavy atom. The molecule has 0 aliphatic heterocycles. The van der Waals surface area contributed by atoms with Gasteiger partial charge in [0.1, 0.15) is 5.60 Å². The maximum Gasteiger partial charge on any atom is 0.412 e. The van der Waals surface area contributed by atoms with E-state index in [1.54, 1.807) is 14.0 Å². The fraction of sp³-hybridized carbons (Fsp3) is 0.500. The molecule has 0 saturated carbocycles. The standard InChI is InChI=1S/C20H30N6O3/c1-14-24-17(29-26-14)11-13-23-18(21-5)22-12-10-15-6-8-16(9-7-15)25-19(27)28-20(2,3)4/h6-9H,10-13H2,1-5H3,(H,25,27)(H2,21,22,23). The van der Waals surface area contributed by atoms with Gasteiger partial charge in [-0.2, -0.15) is 4.98 Å². The van der Waals surface area contributed by atoms with Crippen LogP contribution >= 0.6 is 0 Å². The predicted molar refractivity (Wildman–Crippen MR) is 112 cm³/mol. The van der Waals surface area contributed by atoms with E-state index in [9.17, 15) is 4.79 Å². The lowest BCUT2D eigenvalue weighted by molar-refractivity contribution is 0.0636. The molecule has 1 heterocycles. The number of nitrogens with zero attached hydrogens (tertiary/aromatic N) is 3. The minimum Gasteiger partial charge on any atom is -0.444 e. The Hall–Kier alpha value is -3.10. The van der Waals surface area contributed by atoms with E-state index in [4.69, 9.17) is 9.26 Å². The molecule has 1 aromatic heterocycles. The molecule has 0 unspecified atom stereocenters. The molecule has 0 radical (unpaired) electrons. The number of benzene rings is 1. The maximum atomic E-state index is 11.8. The number of anilines is 1. The van der Waals surface area contributed by atoms with Crippen molar-refractivity contribution in [3.05, 3.63) is 41.5 Å². The van der Waals surface area contributed by atoms with Crippen LogP contribution in [0.4, 0.5) is 10.5 Å². The Morgan fingerprint density at radius 1 is 1.14 bits per heavy atom. The summed E-state index contributed by atoms with van der Waals surface area (Å²) in [5.74, 6) is 1.95. The molecule has 3 N–H and O–H groups in total. The van der Waals surface area contributed by atoms with Gasteiger partial charge in [0, 0.05) is 32.2 Å². The molecule has 29 heavy (non-hydrogen) atoms. The number of rotatable bonds is 7. The molecule has 0 spiro atoms. The van der Waals surface area contributed by atoms with Crippen molar-refractivity contribution in [2.75, 3.05) is 25.5 Å². The number of aryl methyl sites for hydroxylation is 1. The van der Waals surface area contributed by atoms with Crippen LogP contribution in [0.15, 0.2) is 33.8 Å². The lowest BCUT2D eigenvalue weighted by Gasteiger charge is -2.19. The molecule has 2 aromatic rings. The highest BCUT2D eigenvalue weighted by molar-refractivity contribution is 5.84. The van der Waals surface area contributed by atoms with Crippen LogP contribution in [-0.2, 0) is 17.6 Å². The summed E-state index contributed by atoms with van der Waals surface area (Å²) in [6, 6.07) is 7.67. The number of nitrogens with one attached hydrogen (secondary N) is 3. The second-order valence-electron chi connectivity index (χ2n) is 7.48. The molecule has 0 aliphatic rings. The molecule has 158 valence electrons. The largest absolute Gasteiger partial charge is 0.444 e. The van der Waals surface area contributed by atoms with Crippen molar-refractivity contribution in [3.8, 4) is 0 Å². The van der Waals surface area contributed by atoms with Crippen LogP contribution in [-0.4, -0.2) is 47.9 Å². The van der Waals surface area contributed by atoms with Gasteiger partial charge in [0.15, 0.2) is 11.8 Å². The van der Waals surface area contributed by atoms with E-state index in [1.165, 1.54) is 0 Å². The van der Waals surface area contributed by atoms with Gasteiger partial charge >= 0.3 is 6.09 Å². The molecule has 0 fully saturated rings. The van der Waals surface area contributed by atoms with Crippen LogP contribution in [0.3, 0.4) is 0 Å². The van der Waals surface area contributed by atoms with Crippen molar-refractivity contribution in [1.29, 1.82) is 0 Å². The molecule has 9 nitrogen and oxygen atoms in total. The van der Waals surface area contributed by atoms with Gasteiger partial charge in [0.25, 0.3) is 0 Å². The zero-order valence-corrected chi connectivity index (χ0v) is 17.7. The predicted octanol–water partition coefficient (Wildman–Crippen LogP) is 2.68. The molecular formula is C20H30N6O3. The van der Waals surface area contributed by atoms with Crippen LogP contribution in [0.2, 0.25) is 0 Å². The Morgan fingerprint density at radius 2 is 1.79 bits per heavy atom. The third kappa shape index (κ3) is 8.63. The number of carbonyl (C=O) groups excluding carboxylic acids is 1. The van der Waals surface area contributed by atoms with Crippen molar-refractivity contribution in [1.82, 2.24) is 20.8 Å². The van der Waals surface area contributed by atoms with E-state index in [1.807, 2.05) is 45.0 Å². The van der Waals surface area contributed by atoms with Crippen molar-refractivity contribution in [2.24, 2.45) is 4.99 Å². The van der Waals surface area contributed by atoms with E-state index in [-0.39, 0.29) is 0 Å². The zero-order chi connectivity index (χ0) is 21.3. The van der Waals surface area contributed by atoms with E-state index >= 15 is 0 Å². The maximum absolute atomic E-state index is 11.8. The van der Waals surface area contributed by atoms with Crippen molar-refractivity contribution >= 4 is 17.7 Å². The summed E-state index contributed by atoms with van der Waals surface area (Å²) < 4.78 is 10.3. The SMILES string of the molecule is CN=C(NCCc1ccc(NC(=O)OC(C)(C)C)cc1)NCCc1nc(C)no1. The third-order valence-corrected chi connectivity index (χ3v) is 3.73. The van der Waals surface area contributed by atoms with Crippen LogP contribution in [0.1, 0.15) is 38.0 Å². The quantitative estimate of drug-likeness (QED) is 0.482. The van der Waals surface area contributed by atoms with Gasteiger partial charge < -0.3 is 19.9 Å². The summed E-state index contributed by atoms with van der Waals surface area (Å²) in [6.07, 6.45) is 0.988. The lowest BCUT2D eigenvalue weighted by atomic mass is 10.1. The number of aromatic nitrogens is 2. The summed E-state index contributed by atoms with van der Waals surface area (Å²) >= 11 is 0. The molecule has 0 saturated heterocycles. The summed E-state index contributed by atoms with van der Waals surface area (Å²) in [7, 11) is 1.73. The minimum absolute atomic E-state index is 0.461. The van der Waals surface area contributed by atoms with Crippen molar-refractivity contribution < 1.29 is 14.1 Å². The summed E-state index contributed by atoms with van der Waals surface area (Å²) in [5.41, 5.74) is 1.32. The molecule has 0 atom stereocenters. The van der Waals surface area contributed by atoms with Gasteiger partial charge in [-0.3, -0.25) is 10.3 Å². The van der Waals surface area contributed by atoms with Gasteiger partial charge in [0.05, 0.1) is 0 Å². The van der Waals surface area contributed by atoms with Gasteiger partial charge in [-0.1, -0.05) is 17.3 Å². The van der Waals surface area contributed by atoms with Crippen LogP contribution in [0.5, 0.6) is 0 Å². The highest BCUT2D eigenvalue weighted by atomic mass is 16.6. The first kappa shape index (κ1) is 22.2. The summed E-state index contributed by atoms with van der Waals surface area (Å²) in [6.45, 7) is 8.65. The van der Waals surface area contributed by atoms with Gasteiger partial charge in [-0.15, -0.1) is 0 Å². The summed E-state index contributed by atoms with van der Waals surface area (Å²) in [5, 5.41) is 13.0. The fourth-order valence-corrected chi connectivity index (χ4v) is 2.45. The molecule has 0 bridgehead atoms. The first-order chi connectivity index (χ1) is 13.7. The van der Waals surface area contributed by atoms with Gasteiger partial charge in [-0.25, -0.2) is 4.79 Å². The van der Waals surface area contributed by atoms with Crippen LogP contribution < -0.4 is 16.0 Å². The first-order valence-corrected chi connectivity index (χ1v) is 9.58. The van der Waals surface area contributed by atoms with E-state index in [0.717, 1.165) is 18.5 Å². The van der Waals surface area contributed by atoms with E-state index in [0.29, 0.717) is 36.3 Å². The first-order valence-electron chi connectivity index (χ1n) is 9.58. The normalized spacial score (nSPS) is 11.8. The Balaban J connectivity index is 1.69. The molecule has 9 heteroatoms. The highest BCUT2D eigenvalue weighted by Gasteiger charge is 2.16. The molecular weight excluding hydrogens is 372 g/mol. The van der Waals surface area contributed by atoms with E-state index < -0.39 is 11.7 Å². The average Bonchev–Trinajstić information content (AvgIpc) is 3.05.